The van der Waals surface area contributed by atoms with Gasteiger partial charge < -0.3 is 15.0 Å². The van der Waals surface area contributed by atoms with Crippen LogP contribution in [0.2, 0.25) is 0 Å². The van der Waals surface area contributed by atoms with Crippen molar-refractivity contribution in [1.29, 1.82) is 0 Å². The van der Waals surface area contributed by atoms with Crippen LogP contribution in [0.25, 0.3) is 0 Å². The van der Waals surface area contributed by atoms with Crippen molar-refractivity contribution >= 4 is 5.97 Å². The molecule has 1 heterocycles. The van der Waals surface area contributed by atoms with Crippen molar-refractivity contribution in [2.45, 2.75) is 71.4 Å². The maximum atomic E-state index is 12.0. The van der Waals surface area contributed by atoms with Crippen LogP contribution in [-0.4, -0.2) is 49.2 Å². The van der Waals surface area contributed by atoms with Crippen LogP contribution in [0, 0.1) is 0 Å². The summed E-state index contributed by atoms with van der Waals surface area (Å²) < 4.78 is 5.17. The molecule has 1 N–H and O–H groups in total. The summed E-state index contributed by atoms with van der Waals surface area (Å²) in [5.41, 5.74) is 0. The van der Waals surface area contributed by atoms with Gasteiger partial charge in [0.05, 0.1) is 6.61 Å². The molecule has 1 aliphatic rings. The quantitative estimate of drug-likeness (QED) is 0.730. The fraction of sp³-hybridized carbons (Fsp3) is 0.938. The lowest BCUT2D eigenvalue weighted by atomic mass is 10.1. The van der Waals surface area contributed by atoms with Crippen molar-refractivity contribution in [3.05, 3.63) is 0 Å². The average Bonchev–Trinajstić information content (AvgIpc) is 2.35. The molecule has 0 aromatic carbocycles. The third-order valence-corrected chi connectivity index (χ3v) is 3.79. The third-order valence-electron chi connectivity index (χ3n) is 3.79. The lowest BCUT2D eigenvalue weighted by Gasteiger charge is -2.27. The molecule has 0 aromatic heterocycles. The molecule has 0 spiro atoms. The Morgan fingerprint density at radius 2 is 1.75 bits per heavy atom. The van der Waals surface area contributed by atoms with Gasteiger partial charge in [-0.15, -0.1) is 0 Å². The molecule has 4 heteroatoms. The SMILES string of the molecule is CCOC(=O)C(CCN1CCCCCCC1)NC(C)C. The Labute approximate surface area is 124 Å². The molecule has 0 bridgehead atoms. The van der Waals surface area contributed by atoms with Gasteiger partial charge in [-0.3, -0.25) is 4.79 Å². The van der Waals surface area contributed by atoms with Gasteiger partial charge in [0.1, 0.15) is 6.04 Å². The van der Waals surface area contributed by atoms with Crippen LogP contribution in [0.4, 0.5) is 0 Å². The predicted molar refractivity (Wildman–Crippen MR) is 82.8 cm³/mol. The lowest BCUT2D eigenvalue weighted by molar-refractivity contribution is -0.146. The first-order chi connectivity index (χ1) is 9.63. The first-order valence-electron chi connectivity index (χ1n) is 8.28. The molecule has 1 fully saturated rings. The molecule has 1 saturated heterocycles. The van der Waals surface area contributed by atoms with Crippen LogP contribution in [-0.2, 0) is 9.53 Å². The highest BCUT2D eigenvalue weighted by atomic mass is 16.5. The van der Waals surface area contributed by atoms with Crippen LogP contribution < -0.4 is 5.32 Å². The van der Waals surface area contributed by atoms with Crippen molar-refractivity contribution < 1.29 is 9.53 Å². The summed E-state index contributed by atoms with van der Waals surface area (Å²) >= 11 is 0. The van der Waals surface area contributed by atoms with E-state index in [1.165, 1.54) is 45.2 Å². The summed E-state index contributed by atoms with van der Waals surface area (Å²) in [5, 5.41) is 3.33. The maximum absolute atomic E-state index is 12.0. The van der Waals surface area contributed by atoms with Crippen LogP contribution >= 0.6 is 0 Å². The Hall–Kier alpha value is -0.610. The Morgan fingerprint density at radius 1 is 1.15 bits per heavy atom. The summed E-state index contributed by atoms with van der Waals surface area (Å²) in [6, 6.07) is 0.136. The molecular formula is C16H32N2O2. The molecule has 1 atom stereocenters. The van der Waals surface area contributed by atoms with E-state index in [0.29, 0.717) is 12.6 Å². The van der Waals surface area contributed by atoms with E-state index >= 15 is 0 Å². The Kier molecular flexibility index (Phi) is 8.86. The zero-order valence-electron chi connectivity index (χ0n) is 13.5. The van der Waals surface area contributed by atoms with E-state index in [9.17, 15) is 4.79 Å². The molecule has 0 amide bonds. The second kappa shape index (κ2) is 10.2. The number of hydrogen-bond acceptors (Lipinski definition) is 4. The second-order valence-corrected chi connectivity index (χ2v) is 6.02. The van der Waals surface area contributed by atoms with E-state index in [0.717, 1.165) is 13.0 Å². The van der Waals surface area contributed by atoms with Crippen molar-refractivity contribution in [1.82, 2.24) is 10.2 Å². The number of nitrogens with zero attached hydrogens (tertiary/aromatic N) is 1. The van der Waals surface area contributed by atoms with E-state index in [1.54, 1.807) is 0 Å². The molecule has 1 aliphatic heterocycles. The van der Waals surface area contributed by atoms with Crippen molar-refractivity contribution in [2.75, 3.05) is 26.2 Å². The van der Waals surface area contributed by atoms with Gasteiger partial charge in [-0.2, -0.15) is 0 Å². The summed E-state index contributed by atoms with van der Waals surface area (Å²) in [6.07, 6.45) is 7.51. The number of rotatable bonds is 7. The number of carbonyl (C=O) groups excluding carboxylic acids is 1. The largest absolute Gasteiger partial charge is 0.465 e. The third kappa shape index (κ3) is 7.25. The molecule has 0 aliphatic carbocycles. The zero-order chi connectivity index (χ0) is 14.8. The van der Waals surface area contributed by atoms with Gasteiger partial charge in [0, 0.05) is 12.6 Å². The highest BCUT2D eigenvalue weighted by Gasteiger charge is 2.21. The molecule has 0 aromatic rings. The number of nitrogens with one attached hydrogen (secondary N) is 1. The highest BCUT2D eigenvalue weighted by molar-refractivity contribution is 5.75. The monoisotopic (exact) mass is 284 g/mol. The normalized spacial score (nSPS) is 19.4. The average molecular weight is 284 g/mol. The molecule has 1 unspecified atom stereocenters. The maximum Gasteiger partial charge on any atom is 0.323 e. The van der Waals surface area contributed by atoms with E-state index in [-0.39, 0.29) is 12.0 Å². The van der Waals surface area contributed by atoms with Crippen molar-refractivity contribution in [3.8, 4) is 0 Å². The first-order valence-corrected chi connectivity index (χ1v) is 8.28. The Bertz CT molecular complexity index is 261. The van der Waals surface area contributed by atoms with Gasteiger partial charge in [-0.05, 0) is 39.3 Å². The number of likely N-dealkylation sites (tertiary alicyclic amines) is 1. The van der Waals surface area contributed by atoms with Crippen molar-refractivity contribution in [2.24, 2.45) is 0 Å². The molecule has 0 radical (unpaired) electrons. The summed E-state index contributed by atoms with van der Waals surface area (Å²) in [5.74, 6) is -0.103. The Morgan fingerprint density at radius 3 is 2.30 bits per heavy atom. The van der Waals surface area contributed by atoms with E-state index in [4.69, 9.17) is 4.74 Å². The second-order valence-electron chi connectivity index (χ2n) is 6.02. The number of hydrogen-bond donors (Lipinski definition) is 1. The summed E-state index contributed by atoms with van der Waals surface area (Å²) in [6.45, 7) is 9.81. The van der Waals surface area contributed by atoms with Gasteiger partial charge in [-0.1, -0.05) is 33.1 Å². The van der Waals surface area contributed by atoms with Gasteiger partial charge in [-0.25, -0.2) is 0 Å². The fourth-order valence-corrected chi connectivity index (χ4v) is 2.76. The zero-order valence-corrected chi connectivity index (χ0v) is 13.5. The minimum Gasteiger partial charge on any atom is -0.465 e. The van der Waals surface area contributed by atoms with Gasteiger partial charge >= 0.3 is 5.97 Å². The molecule has 0 saturated carbocycles. The number of esters is 1. The predicted octanol–water partition coefficient (Wildman–Crippen LogP) is 2.57. The first kappa shape index (κ1) is 17.4. The molecule has 20 heavy (non-hydrogen) atoms. The van der Waals surface area contributed by atoms with Crippen LogP contribution in [0.5, 0.6) is 0 Å². The lowest BCUT2D eigenvalue weighted by Crippen LogP contribution is -2.44. The van der Waals surface area contributed by atoms with E-state index in [2.05, 4.69) is 24.1 Å². The van der Waals surface area contributed by atoms with Gasteiger partial charge in [0.25, 0.3) is 0 Å². The number of carbonyl (C=O) groups is 1. The standard InChI is InChI=1S/C16H32N2O2/c1-4-20-16(19)15(17-14(2)3)10-13-18-11-8-6-5-7-9-12-18/h14-15,17H,4-13H2,1-3H3. The Balaban J connectivity index is 2.40. The topological polar surface area (TPSA) is 41.6 Å². The summed E-state index contributed by atoms with van der Waals surface area (Å²) in [7, 11) is 0. The fourth-order valence-electron chi connectivity index (χ4n) is 2.76. The van der Waals surface area contributed by atoms with E-state index < -0.39 is 0 Å². The molecule has 4 nitrogen and oxygen atoms in total. The minimum absolute atomic E-state index is 0.103. The van der Waals surface area contributed by atoms with Crippen LogP contribution in [0.15, 0.2) is 0 Å². The molecular weight excluding hydrogens is 252 g/mol. The minimum atomic E-state index is -0.166. The van der Waals surface area contributed by atoms with Gasteiger partial charge in [0.15, 0.2) is 0 Å². The number of ether oxygens (including phenoxy) is 1. The summed E-state index contributed by atoms with van der Waals surface area (Å²) in [4.78, 5) is 14.5. The van der Waals surface area contributed by atoms with E-state index in [1.807, 2.05) is 6.92 Å². The molecule has 118 valence electrons. The molecule has 1 rings (SSSR count). The smallest absolute Gasteiger partial charge is 0.323 e. The highest BCUT2D eigenvalue weighted by Crippen LogP contribution is 2.11. The van der Waals surface area contributed by atoms with Crippen LogP contribution in [0.1, 0.15) is 59.3 Å². The van der Waals surface area contributed by atoms with Gasteiger partial charge in [0.2, 0.25) is 0 Å². The van der Waals surface area contributed by atoms with Crippen LogP contribution in [0.3, 0.4) is 0 Å². The van der Waals surface area contributed by atoms with Crippen molar-refractivity contribution in [3.63, 3.8) is 0 Å².